The van der Waals surface area contributed by atoms with Gasteiger partial charge in [0, 0.05) is 18.7 Å². The first-order valence-electron chi connectivity index (χ1n) is 6.48. The van der Waals surface area contributed by atoms with Gasteiger partial charge in [0.05, 0.1) is 6.54 Å². The number of benzene rings is 1. The number of nitrogens with two attached hydrogens (primary N) is 1. The quantitative estimate of drug-likeness (QED) is 0.608. The number of halogens is 1. The lowest BCUT2D eigenvalue weighted by Crippen LogP contribution is -2.32. The molecule has 0 spiro atoms. The summed E-state index contributed by atoms with van der Waals surface area (Å²) in [6, 6.07) is 5.21. The van der Waals surface area contributed by atoms with Crippen LogP contribution in [-0.4, -0.2) is 31.5 Å². The van der Waals surface area contributed by atoms with Crippen LogP contribution in [0.4, 0.5) is 4.39 Å². The molecule has 0 fully saturated rings. The van der Waals surface area contributed by atoms with Crippen molar-refractivity contribution in [2.24, 2.45) is 10.7 Å². The average molecular weight is 266 g/mol. The Labute approximate surface area is 114 Å². The fraction of sp³-hybridized carbons (Fsp3) is 0.500. The van der Waals surface area contributed by atoms with E-state index in [0.29, 0.717) is 24.6 Å². The minimum Gasteiger partial charge on any atom is -0.370 e. The van der Waals surface area contributed by atoms with Gasteiger partial charge in [-0.25, -0.2) is 9.38 Å². The highest BCUT2D eigenvalue weighted by Gasteiger charge is 2.04. The highest BCUT2D eigenvalue weighted by atomic mass is 19.1. The molecule has 0 saturated carbocycles. The van der Waals surface area contributed by atoms with Crippen molar-refractivity contribution in [1.82, 2.24) is 10.2 Å². The smallest absolute Gasteiger partial charge is 0.188 e. The second-order valence-electron chi connectivity index (χ2n) is 4.79. The van der Waals surface area contributed by atoms with Crippen LogP contribution in [0.2, 0.25) is 0 Å². The average Bonchev–Trinajstić information content (AvgIpc) is 2.36. The number of hydrogen-bond donors (Lipinski definition) is 2. The van der Waals surface area contributed by atoms with Crippen LogP contribution in [0, 0.1) is 5.82 Å². The third-order valence-electron chi connectivity index (χ3n) is 2.59. The Morgan fingerprint density at radius 3 is 2.74 bits per heavy atom. The molecule has 0 radical (unpaired) electrons. The maximum atomic E-state index is 13.8. The first kappa shape index (κ1) is 15.4. The molecule has 5 heteroatoms. The van der Waals surface area contributed by atoms with Gasteiger partial charge in [-0.05, 0) is 32.1 Å². The Balaban J connectivity index is 2.63. The SMILES string of the molecule is CCCNC(N)=NCc1ccc(CN(C)C)c(F)c1. The summed E-state index contributed by atoms with van der Waals surface area (Å²) >= 11 is 0. The second-order valence-corrected chi connectivity index (χ2v) is 4.79. The Morgan fingerprint density at radius 1 is 1.42 bits per heavy atom. The van der Waals surface area contributed by atoms with E-state index in [1.807, 2.05) is 25.1 Å². The summed E-state index contributed by atoms with van der Waals surface area (Å²) in [5, 5.41) is 2.98. The molecule has 1 aromatic carbocycles. The van der Waals surface area contributed by atoms with Crippen molar-refractivity contribution in [1.29, 1.82) is 0 Å². The van der Waals surface area contributed by atoms with E-state index >= 15 is 0 Å². The maximum absolute atomic E-state index is 13.8. The minimum absolute atomic E-state index is 0.193. The Kier molecular flexibility index (Phi) is 6.29. The van der Waals surface area contributed by atoms with Gasteiger partial charge in [-0.1, -0.05) is 19.1 Å². The lowest BCUT2D eigenvalue weighted by atomic mass is 10.1. The monoisotopic (exact) mass is 266 g/mol. The van der Waals surface area contributed by atoms with Crippen LogP contribution in [0.3, 0.4) is 0 Å². The van der Waals surface area contributed by atoms with Gasteiger partial charge in [0.2, 0.25) is 0 Å². The van der Waals surface area contributed by atoms with Crippen LogP contribution in [0.15, 0.2) is 23.2 Å². The van der Waals surface area contributed by atoms with Crippen LogP contribution in [-0.2, 0) is 13.1 Å². The predicted octanol–water partition coefficient (Wildman–Crippen LogP) is 1.70. The highest BCUT2D eigenvalue weighted by Crippen LogP contribution is 2.12. The van der Waals surface area contributed by atoms with E-state index in [1.54, 1.807) is 6.07 Å². The topological polar surface area (TPSA) is 53.6 Å². The lowest BCUT2D eigenvalue weighted by Gasteiger charge is -2.11. The predicted molar refractivity (Wildman–Crippen MR) is 77.4 cm³/mol. The summed E-state index contributed by atoms with van der Waals surface area (Å²) in [6.45, 7) is 3.84. The zero-order valence-electron chi connectivity index (χ0n) is 11.9. The van der Waals surface area contributed by atoms with Gasteiger partial charge < -0.3 is 16.0 Å². The van der Waals surface area contributed by atoms with E-state index in [0.717, 1.165) is 18.5 Å². The molecule has 0 atom stereocenters. The first-order chi connectivity index (χ1) is 9.02. The minimum atomic E-state index is -0.193. The zero-order chi connectivity index (χ0) is 14.3. The number of rotatable bonds is 6. The highest BCUT2D eigenvalue weighted by molar-refractivity contribution is 5.77. The Bertz CT molecular complexity index is 429. The van der Waals surface area contributed by atoms with Gasteiger partial charge in [0.25, 0.3) is 0 Å². The van der Waals surface area contributed by atoms with E-state index in [-0.39, 0.29) is 5.82 Å². The Morgan fingerprint density at radius 2 is 2.16 bits per heavy atom. The molecule has 1 aromatic rings. The fourth-order valence-corrected chi connectivity index (χ4v) is 1.64. The van der Waals surface area contributed by atoms with E-state index in [9.17, 15) is 4.39 Å². The molecule has 0 bridgehead atoms. The van der Waals surface area contributed by atoms with Gasteiger partial charge in [-0.15, -0.1) is 0 Å². The van der Waals surface area contributed by atoms with E-state index in [2.05, 4.69) is 17.2 Å². The molecule has 1 rings (SSSR count). The molecule has 0 amide bonds. The van der Waals surface area contributed by atoms with Crippen molar-refractivity contribution >= 4 is 5.96 Å². The van der Waals surface area contributed by atoms with Gasteiger partial charge in [-0.2, -0.15) is 0 Å². The summed E-state index contributed by atoms with van der Waals surface area (Å²) in [4.78, 5) is 6.10. The second kappa shape index (κ2) is 7.74. The van der Waals surface area contributed by atoms with Crippen molar-refractivity contribution in [2.75, 3.05) is 20.6 Å². The number of aliphatic imine (C=N–C) groups is 1. The van der Waals surface area contributed by atoms with Crippen LogP contribution in [0.5, 0.6) is 0 Å². The normalized spacial score (nSPS) is 11.9. The van der Waals surface area contributed by atoms with E-state index in [4.69, 9.17) is 5.73 Å². The molecule has 0 aliphatic heterocycles. The van der Waals surface area contributed by atoms with Crippen LogP contribution in [0.1, 0.15) is 24.5 Å². The standard InChI is InChI=1S/C14H23FN4/c1-4-7-17-14(16)18-9-11-5-6-12(10-19(2)3)13(15)8-11/h5-6,8H,4,7,9-10H2,1-3H3,(H3,16,17,18). The maximum Gasteiger partial charge on any atom is 0.188 e. The summed E-state index contributed by atoms with van der Waals surface area (Å²) < 4.78 is 13.8. The fourth-order valence-electron chi connectivity index (χ4n) is 1.64. The molecule has 3 N–H and O–H groups in total. The molecule has 19 heavy (non-hydrogen) atoms. The van der Waals surface area contributed by atoms with Gasteiger partial charge in [0.1, 0.15) is 5.82 Å². The summed E-state index contributed by atoms with van der Waals surface area (Å²) in [5.41, 5.74) is 7.19. The van der Waals surface area contributed by atoms with Crippen molar-refractivity contribution in [3.05, 3.63) is 35.1 Å². The Hall–Kier alpha value is -1.62. The van der Waals surface area contributed by atoms with Crippen molar-refractivity contribution < 1.29 is 4.39 Å². The van der Waals surface area contributed by atoms with Crippen LogP contribution in [0.25, 0.3) is 0 Å². The molecule has 0 aliphatic rings. The third-order valence-corrected chi connectivity index (χ3v) is 2.59. The first-order valence-corrected chi connectivity index (χ1v) is 6.48. The summed E-state index contributed by atoms with van der Waals surface area (Å²) in [5.74, 6) is 0.209. The van der Waals surface area contributed by atoms with Gasteiger partial charge >= 0.3 is 0 Å². The third kappa shape index (κ3) is 5.70. The van der Waals surface area contributed by atoms with Crippen molar-refractivity contribution in [3.63, 3.8) is 0 Å². The molecule has 0 heterocycles. The van der Waals surface area contributed by atoms with Crippen molar-refractivity contribution in [3.8, 4) is 0 Å². The molecular weight excluding hydrogens is 243 g/mol. The van der Waals surface area contributed by atoms with Gasteiger partial charge in [-0.3, -0.25) is 0 Å². The van der Waals surface area contributed by atoms with Crippen LogP contribution >= 0.6 is 0 Å². The molecule has 0 aliphatic carbocycles. The molecule has 0 unspecified atom stereocenters. The van der Waals surface area contributed by atoms with E-state index in [1.165, 1.54) is 6.07 Å². The molecule has 4 nitrogen and oxygen atoms in total. The zero-order valence-corrected chi connectivity index (χ0v) is 11.9. The molecule has 0 aromatic heterocycles. The number of guanidine groups is 1. The number of hydrogen-bond acceptors (Lipinski definition) is 2. The van der Waals surface area contributed by atoms with Crippen molar-refractivity contribution in [2.45, 2.75) is 26.4 Å². The lowest BCUT2D eigenvalue weighted by molar-refractivity contribution is 0.392. The van der Waals surface area contributed by atoms with Crippen LogP contribution < -0.4 is 11.1 Å². The molecule has 0 saturated heterocycles. The van der Waals surface area contributed by atoms with Gasteiger partial charge in [0.15, 0.2) is 5.96 Å². The number of nitrogens with zero attached hydrogens (tertiary/aromatic N) is 2. The molecular formula is C14H23FN4. The summed E-state index contributed by atoms with van der Waals surface area (Å²) in [6.07, 6.45) is 0.990. The van der Waals surface area contributed by atoms with E-state index < -0.39 is 0 Å². The largest absolute Gasteiger partial charge is 0.370 e. The summed E-state index contributed by atoms with van der Waals surface area (Å²) in [7, 11) is 3.83. The molecule has 106 valence electrons. The number of nitrogens with one attached hydrogen (secondary N) is 1.